The molecule has 0 aliphatic carbocycles. The van der Waals surface area contributed by atoms with Crippen LogP contribution in [-0.4, -0.2) is 39.9 Å². The predicted molar refractivity (Wildman–Crippen MR) is 316 cm³/mol. The van der Waals surface area contributed by atoms with Crippen molar-refractivity contribution in [1.82, 2.24) is 39.9 Å². The second-order valence-corrected chi connectivity index (χ2v) is 22.3. The molecule has 0 bridgehead atoms. The molecule has 0 radical (unpaired) electrons. The zero-order valence-corrected chi connectivity index (χ0v) is 48.9. The second-order valence-electron chi connectivity index (χ2n) is 19.7. The highest BCUT2D eigenvalue weighted by molar-refractivity contribution is 7.12. The molecule has 0 spiro atoms. The van der Waals surface area contributed by atoms with Crippen LogP contribution in [0.25, 0.3) is 0 Å². The smallest absolute Gasteiger partial charge is 0.191 e. The van der Waals surface area contributed by atoms with Crippen molar-refractivity contribution in [1.29, 1.82) is 0 Å². The number of rotatable bonds is 6. The van der Waals surface area contributed by atoms with Crippen molar-refractivity contribution in [2.45, 2.75) is 259 Å². The van der Waals surface area contributed by atoms with E-state index in [-0.39, 0.29) is 29.7 Å². The van der Waals surface area contributed by atoms with Crippen LogP contribution in [0.1, 0.15) is 270 Å². The van der Waals surface area contributed by atoms with E-state index in [0.29, 0.717) is 35.5 Å². The first kappa shape index (κ1) is 73.3. The minimum absolute atomic E-state index is 0. The van der Waals surface area contributed by atoms with E-state index in [1.165, 1.54) is 70.5 Å². The third kappa shape index (κ3) is 23.0. The number of pyridine rings is 1. The summed E-state index contributed by atoms with van der Waals surface area (Å²) in [5.74, 6) is 5.70. The highest BCUT2D eigenvalue weighted by atomic mass is 32.1. The molecule has 6 heterocycles. The molecular weight excluding hydrogens is 913 g/mol. The maximum absolute atomic E-state index is 5.26. The van der Waals surface area contributed by atoms with Gasteiger partial charge >= 0.3 is 0 Å². The van der Waals surface area contributed by atoms with Crippen LogP contribution in [0.15, 0.2) is 4.42 Å². The molecule has 6 aromatic heterocycles. The average Bonchev–Trinajstić information content (AvgIpc) is 3.88. The first-order chi connectivity index (χ1) is 30.8. The number of oxazole rings is 1. The molecule has 0 N–H and O–H groups in total. The Hall–Kier alpha value is -4.22. The van der Waals surface area contributed by atoms with E-state index in [1.807, 2.05) is 59.8 Å². The fourth-order valence-corrected chi connectivity index (χ4v) is 9.10. The molecule has 0 saturated heterocycles. The Labute approximate surface area is 445 Å². The Morgan fingerprint density at radius 3 is 1.08 bits per heavy atom. The van der Waals surface area contributed by atoms with Gasteiger partial charge in [0.2, 0.25) is 0 Å². The normalized spacial score (nSPS) is 10.3. The summed E-state index contributed by atoms with van der Waals surface area (Å²) in [6, 6.07) is 0. The van der Waals surface area contributed by atoms with Crippen molar-refractivity contribution in [2.75, 3.05) is 0 Å². The maximum Gasteiger partial charge on any atom is 0.191 e. The van der Waals surface area contributed by atoms with Crippen LogP contribution < -0.4 is 0 Å². The Morgan fingerprint density at radius 2 is 0.746 bits per heavy atom. The minimum Gasteiger partial charge on any atom is -0.446 e. The van der Waals surface area contributed by atoms with Gasteiger partial charge in [-0.3, -0.25) is 15.0 Å². The number of thiazole rings is 2. The summed E-state index contributed by atoms with van der Waals surface area (Å²) < 4.78 is 5.26. The molecule has 0 aliphatic rings. The van der Waals surface area contributed by atoms with Gasteiger partial charge in [0.15, 0.2) is 5.89 Å². The van der Waals surface area contributed by atoms with E-state index >= 15 is 0 Å². The Morgan fingerprint density at radius 1 is 0.310 bits per heavy atom. The molecule has 0 unspecified atom stereocenters. The SMILES string of the molecule is C.C.C.C.Cc1nc(C(C)C)c(C)c(C)c1C.Cc1nc(C(C)C)c(C)o1.Cc1nc(C(C)C)c(C)s1.Cc1nc(C(C)C)sc1C.Cc1nc(C)c(C(C)C)nc1C.Cc1nc(C)c(C)c(C(C)C)n1. The molecule has 0 aromatic carbocycles. The van der Waals surface area contributed by atoms with E-state index in [1.54, 1.807) is 11.3 Å². The van der Waals surface area contributed by atoms with Crippen molar-refractivity contribution in [2.24, 2.45) is 0 Å². The van der Waals surface area contributed by atoms with Gasteiger partial charge < -0.3 is 4.42 Å². The lowest BCUT2D eigenvalue weighted by Gasteiger charge is -2.15. The number of hydrogen-bond acceptors (Lipinski definition) is 11. The molecule has 0 saturated carbocycles. The summed E-state index contributed by atoms with van der Waals surface area (Å²) in [5.41, 5.74) is 17.8. The van der Waals surface area contributed by atoms with Gasteiger partial charge in [0, 0.05) is 45.4 Å². The molecular formula is C60H106N8OS2. The zero-order chi connectivity index (χ0) is 51.9. The molecule has 0 fully saturated rings. The van der Waals surface area contributed by atoms with E-state index in [4.69, 9.17) is 4.42 Å². The average molecular weight is 1020 g/mol. The third-order valence-corrected chi connectivity index (χ3v) is 13.8. The quantitative estimate of drug-likeness (QED) is 0.161. The van der Waals surface area contributed by atoms with E-state index < -0.39 is 0 Å². The van der Waals surface area contributed by atoms with Crippen molar-refractivity contribution < 1.29 is 4.42 Å². The van der Waals surface area contributed by atoms with Gasteiger partial charge in [-0.25, -0.2) is 24.9 Å². The van der Waals surface area contributed by atoms with Crippen molar-refractivity contribution in [3.05, 3.63) is 122 Å². The van der Waals surface area contributed by atoms with Gasteiger partial charge in [0.05, 0.1) is 49.9 Å². The van der Waals surface area contributed by atoms with Crippen LogP contribution >= 0.6 is 22.7 Å². The highest BCUT2D eigenvalue weighted by Crippen LogP contribution is 2.26. The molecule has 11 heteroatoms. The zero-order valence-electron chi connectivity index (χ0n) is 47.3. The van der Waals surface area contributed by atoms with Crippen molar-refractivity contribution in [3.8, 4) is 0 Å². The Kier molecular flexibility index (Phi) is 34.6. The number of nitrogens with zero attached hydrogens (tertiary/aromatic N) is 8. The summed E-state index contributed by atoms with van der Waals surface area (Å²) in [6.07, 6.45) is 0. The molecule has 9 nitrogen and oxygen atoms in total. The van der Waals surface area contributed by atoms with Crippen molar-refractivity contribution in [3.63, 3.8) is 0 Å². The number of aryl methyl sites for hydroxylation is 12. The van der Waals surface area contributed by atoms with Crippen LogP contribution in [0.2, 0.25) is 0 Å². The molecule has 0 atom stereocenters. The lowest BCUT2D eigenvalue weighted by Crippen LogP contribution is -2.03. The van der Waals surface area contributed by atoms with Gasteiger partial charge in [-0.2, -0.15) is 0 Å². The Balaban J connectivity index is -0.000000376. The van der Waals surface area contributed by atoms with Gasteiger partial charge in [-0.15, -0.1) is 22.7 Å². The van der Waals surface area contributed by atoms with E-state index in [0.717, 1.165) is 51.6 Å². The van der Waals surface area contributed by atoms with Gasteiger partial charge in [0.25, 0.3) is 0 Å². The summed E-state index contributed by atoms with van der Waals surface area (Å²) in [6.45, 7) is 58.9. The largest absolute Gasteiger partial charge is 0.446 e. The first-order valence-corrected chi connectivity index (χ1v) is 25.8. The second kappa shape index (κ2) is 33.5. The lowest BCUT2D eigenvalue weighted by atomic mass is 9.97. The van der Waals surface area contributed by atoms with Crippen LogP contribution in [0.5, 0.6) is 0 Å². The van der Waals surface area contributed by atoms with E-state index in [2.05, 4.69) is 185 Å². The fourth-order valence-electron chi connectivity index (χ4n) is 7.20. The summed E-state index contributed by atoms with van der Waals surface area (Å²) in [4.78, 5) is 38.1. The molecule has 6 rings (SSSR count). The minimum atomic E-state index is 0. The Bertz CT molecular complexity index is 2400. The van der Waals surface area contributed by atoms with Crippen LogP contribution in [0, 0.1) is 111 Å². The molecule has 0 amide bonds. The molecule has 71 heavy (non-hydrogen) atoms. The van der Waals surface area contributed by atoms with Gasteiger partial charge in [-0.05, 0) is 156 Å². The molecule has 0 aliphatic heterocycles. The van der Waals surface area contributed by atoms with Gasteiger partial charge in [-0.1, -0.05) is 113 Å². The first-order valence-electron chi connectivity index (χ1n) is 24.2. The lowest BCUT2D eigenvalue weighted by molar-refractivity contribution is 0.492. The topological polar surface area (TPSA) is 116 Å². The third-order valence-electron chi connectivity index (χ3n) is 11.5. The van der Waals surface area contributed by atoms with E-state index in [9.17, 15) is 0 Å². The van der Waals surface area contributed by atoms with Crippen LogP contribution in [0.3, 0.4) is 0 Å². The van der Waals surface area contributed by atoms with Gasteiger partial charge in [0.1, 0.15) is 11.6 Å². The predicted octanol–water partition coefficient (Wildman–Crippen LogP) is 19.2. The monoisotopic (exact) mass is 1020 g/mol. The number of aromatic nitrogens is 8. The molecule has 6 aromatic rings. The summed E-state index contributed by atoms with van der Waals surface area (Å²) >= 11 is 3.60. The molecule has 404 valence electrons. The van der Waals surface area contributed by atoms with Crippen molar-refractivity contribution >= 4 is 22.7 Å². The maximum atomic E-state index is 5.26. The highest BCUT2D eigenvalue weighted by Gasteiger charge is 2.13. The fraction of sp³-hybridized carbons (Fsp3) is 0.633. The van der Waals surface area contributed by atoms with Crippen LogP contribution in [-0.2, 0) is 0 Å². The number of hydrogen-bond donors (Lipinski definition) is 0. The summed E-state index contributed by atoms with van der Waals surface area (Å²) in [7, 11) is 0. The summed E-state index contributed by atoms with van der Waals surface area (Å²) in [5, 5.41) is 2.44. The standard InChI is InChI=1S/C12H19N.2C10H16N2.C8H13NO.2C8H13NS.4CH4/c1-7(2)12-10(5)8(3)9(4)11(6)13-12;1-6(2)10-9(5)11-7(3)8(4)12-10;1-6(2)10-7(3)8(4)11-9(5)12-10;2*1-5(2)8-6(3)10-7(4)9-8;1-5(2)8-9-6(3)7(4)10-8;;;;/h7H,1-6H3;2*6H,1-5H3;3*5H,1-4H3;4*1H4. The van der Waals surface area contributed by atoms with Crippen LogP contribution in [0.4, 0.5) is 0 Å².